The van der Waals surface area contributed by atoms with Crippen LogP contribution in [-0.2, 0) is 15.6 Å². The summed E-state index contributed by atoms with van der Waals surface area (Å²) in [6, 6.07) is 6.67. The Balaban J connectivity index is 2.63. The molecule has 0 atom stereocenters. The number of allylic oxidation sites excluding steroid dienone is 2. The fraction of sp³-hybridized carbons (Fsp3) is 0.500. The molecule has 1 nitrogen and oxygen atoms in total. The number of carbonyl (C=O) groups excluding carboxylic acids is 1. The third kappa shape index (κ3) is 2.63. The molecule has 0 amide bonds. The second kappa shape index (κ2) is 5.14. The summed E-state index contributed by atoms with van der Waals surface area (Å²) in [5.74, 6) is 0. The lowest BCUT2D eigenvalue weighted by Crippen LogP contribution is -2.33. The topological polar surface area (TPSA) is 17.1 Å². The second-order valence-electron chi connectivity index (χ2n) is 7.12. The largest absolute Gasteiger partial charge is 0.297 e. The van der Waals surface area contributed by atoms with E-state index in [0.717, 1.165) is 17.4 Å². The summed E-state index contributed by atoms with van der Waals surface area (Å²) in [6.45, 7) is 11.3. The van der Waals surface area contributed by atoms with Gasteiger partial charge in [0.2, 0.25) is 0 Å². The van der Waals surface area contributed by atoms with Gasteiger partial charge in [-0.25, -0.2) is 0 Å². The maximum absolute atomic E-state index is 10.9. The highest BCUT2D eigenvalue weighted by Gasteiger charge is 2.36. The summed E-state index contributed by atoms with van der Waals surface area (Å²) >= 11 is 3.34. The summed E-state index contributed by atoms with van der Waals surface area (Å²) in [5.41, 5.74) is 5.46. The molecule has 0 aliphatic heterocycles. The number of hydrogen-bond donors (Lipinski definition) is 0. The normalized spacial score (nSPS) is 20.9. The van der Waals surface area contributed by atoms with E-state index in [0.29, 0.717) is 4.48 Å². The first-order valence-corrected chi connectivity index (χ1v) is 7.95. The Bertz CT molecular complexity index is 579. The Morgan fingerprint density at radius 1 is 1.10 bits per heavy atom. The van der Waals surface area contributed by atoms with Gasteiger partial charge >= 0.3 is 0 Å². The van der Waals surface area contributed by atoms with Gasteiger partial charge in [-0.2, -0.15) is 0 Å². The minimum atomic E-state index is 0.203. The van der Waals surface area contributed by atoms with Gasteiger partial charge < -0.3 is 0 Å². The average molecular weight is 335 g/mol. The highest BCUT2D eigenvalue weighted by molar-refractivity contribution is 9.12. The molecular formula is C18H23BrO. The van der Waals surface area contributed by atoms with Crippen LogP contribution in [-0.4, -0.2) is 6.29 Å². The molecule has 0 fully saturated rings. The standard InChI is InChI=1S/C18H23BrO/c1-12(16(19)11-20)13-6-7-14-15(10-13)18(4,5)9-8-17(14,2)3/h6-7,10-11H,8-9H2,1-5H3/b16-12+. The van der Waals surface area contributed by atoms with Gasteiger partial charge in [-0.1, -0.05) is 45.9 Å². The van der Waals surface area contributed by atoms with Crippen molar-refractivity contribution in [3.8, 4) is 0 Å². The lowest BCUT2D eigenvalue weighted by atomic mass is 9.63. The van der Waals surface area contributed by atoms with Crippen LogP contribution < -0.4 is 0 Å². The smallest absolute Gasteiger partial charge is 0.157 e. The Kier molecular flexibility index (Phi) is 3.98. The maximum Gasteiger partial charge on any atom is 0.157 e. The van der Waals surface area contributed by atoms with Crippen LogP contribution in [0.3, 0.4) is 0 Å². The summed E-state index contributed by atoms with van der Waals surface area (Å²) < 4.78 is 0.630. The summed E-state index contributed by atoms with van der Waals surface area (Å²) in [7, 11) is 0. The third-order valence-electron chi connectivity index (χ3n) is 4.75. The molecule has 0 heterocycles. The number of hydrogen-bond acceptors (Lipinski definition) is 1. The van der Waals surface area contributed by atoms with Crippen LogP contribution in [0.15, 0.2) is 22.7 Å². The lowest BCUT2D eigenvalue weighted by molar-refractivity contribution is -0.104. The zero-order chi connectivity index (χ0) is 15.1. The number of fused-ring (bicyclic) bond motifs is 1. The lowest BCUT2D eigenvalue weighted by Gasteiger charge is -2.42. The molecule has 2 rings (SSSR count). The zero-order valence-corrected chi connectivity index (χ0v) is 14.6. The van der Waals surface area contributed by atoms with E-state index in [1.165, 1.54) is 24.0 Å². The Hall–Kier alpha value is -0.890. The van der Waals surface area contributed by atoms with Gasteiger partial charge in [-0.05, 0) is 68.8 Å². The molecule has 1 aromatic carbocycles. The first-order chi connectivity index (χ1) is 9.19. The van der Waals surface area contributed by atoms with Gasteiger partial charge in [0.1, 0.15) is 0 Å². The van der Waals surface area contributed by atoms with Crippen LogP contribution >= 0.6 is 15.9 Å². The number of halogens is 1. The average Bonchev–Trinajstić information content (AvgIpc) is 2.42. The molecule has 0 spiro atoms. The second-order valence-corrected chi connectivity index (χ2v) is 7.97. The molecule has 1 aliphatic rings. The third-order valence-corrected chi connectivity index (χ3v) is 5.53. The van der Waals surface area contributed by atoms with E-state index in [9.17, 15) is 4.79 Å². The van der Waals surface area contributed by atoms with E-state index in [1.807, 2.05) is 6.92 Å². The van der Waals surface area contributed by atoms with E-state index in [2.05, 4.69) is 61.8 Å². The van der Waals surface area contributed by atoms with E-state index in [-0.39, 0.29) is 10.8 Å². The molecule has 0 aromatic heterocycles. The predicted molar refractivity (Wildman–Crippen MR) is 89.3 cm³/mol. The minimum absolute atomic E-state index is 0.203. The van der Waals surface area contributed by atoms with Gasteiger partial charge in [0.25, 0.3) is 0 Å². The van der Waals surface area contributed by atoms with Crippen LogP contribution in [0.2, 0.25) is 0 Å². The fourth-order valence-electron chi connectivity index (χ4n) is 3.05. The molecule has 108 valence electrons. The van der Waals surface area contributed by atoms with Crippen LogP contribution in [0.1, 0.15) is 64.2 Å². The van der Waals surface area contributed by atoms with E-state index in [4.69, 9.17) is 0 Å². The van der Waals surface area contributed by atoms with Crippen molar-refractivity contribution in [1.82, 2.24) is 0 Å². The molecule has 0 radical (unpaired) electrons. The molecule has 0 N–H and O–H groups in total. The van der Waals surface area contributed by atoms with Crippen molar-refractivity contribution >= 4 is 27.8 Å². The number of rotatable bonds is 2. The first kappa shape index (κ1) is 15.5. The van der Waals surface area contributed by atoms with Crippen LogP contribution in [0, 0.1) is 0 Å². The summed E-state index contributed by atoms with van der Waals surface area (Å²) in [6.07, 6.45) is 3.29. The molecule has 1 aliphatic carbocycles. The Morgan fingerprint density at radius 3 is 2.20 bits per heavy atom. The SMILES string of the molecule is C/C(=C(\Br)C=O)c1ccc2c(c1)C(C)(C)CCC2(C)C. The number of carbonyl (C=O) groups is 1. The first-order valence-electron chi connectivity index (χ1n) is 7.16. The highest BCUT2D eigenvalue weighted by atomic mass is 79.9. The van der Waals surface area contributed by atoms with Gasteiger partial charge in [-0.15, -0.1) is 0 Å². The monoisotopic (exact) mass is 334 g/mol. The quantitative estimate of drug-likeness (QED) is 0.525. The van der Waals surface area contributed by atoms with Crippen molar-refractivity contribution in [3.63, 3.8) is 0 Å². The van der Waals surface area contributed by atoms with Gasteiger partial charge in [-0.3, -0.25) is 4.79 Å². The van der Waals surface area contributed by atoms with E-state index in [1.54, 1.807) is 0 Å². The van der Waals surface area contributed by atoms with Gasteiger partial charge in [0, 0.05) is 0 Å². The molecule has 1 aromatic rings. The Morgan fingerprint density at radius 2 is 1.65 bits per heavy atom. The molecule has 0 saturated carbocycles. The highest BCUT2D eigenvalue weighted by Crippen LogP contribution is 2.46. The van der Waals surface area contributed by atoms with Crippen molar-refractivity contribution in [3.05, 3.63) is 39.4 Å². The van der Waals surface area contributed by atoms with Crippen molar-refractivity contribution in [2.75, 3.05) is 0 Å². The molecule has 2 heteroatoms. The maximum atomic E-state index is 10.9. The summed E-state index contributed by atoms with van der Waals surface area (Å²) in [4.78, 5) is 10.9. The van der Waals surface area contributed by atoms with Crippen LogP contribution in [0.4, 0.5) is 0 Å². The Labute approximate surface area is 130 Å². The molecular weight excluding hydrogens is 312 g/mol. The van der Waals surface area contributed by atoms with Crippen molar-refractivity contribution in [1.29, 1.82) is 0 Å². The zero-order valence-electron chi connectivity index (χ0n) is 13.0. The van der Waals surface area contributed by atoms with Crippen LogP contribution in [0.25, 0.3) is 5.57 Å². The fourth-order valence-corrected chi connectivity index (χ4v) is 3.28. The summed E-state index contributed by atoms with van der Waals surface area (Å²) in [5, 5.41) is 0. The molecule has 0 saturated heterocycles. The number of benzene rings is 1. The molecule has 20 heavy (non-hydrogen) atoms. The molecule has 0 bridgehead atoms. The van der Waals surface area contributed by atoms with Gasteiger partial charge in [0.05, 0.1) is 4.48 Å². The van der Waals surface area contributed by atoms with Crippen LogP contribution in [0.5, 0.6) is 0 Å². The predicted octanol–water partition coefficient (Wildman–Crippen LogP) is 5.36. The van der Waals surface area contributed by atoms with E-state index >= 15 is 0 Å². The number of aldehydes is 1. The van der Waals surface area contributed by atoms with Crippen molar-refractivity contribution in [2.45, 2.75) is 58.3 Å². The van der Waals surface area contributed by atoms with Crippen molar-refractivity contribution < 1.29 is 4.79 Å². The van der Waals surface area contributed by atoms with E-state index < -0.39 is 0 Å². The molecule has 0 unspecified atom stereocenters. The minimum Gasteiger partial charge on any atom is -0.297 e. The van der Waals surface area contributed by atoms with Gasteiger partial charge in [0.15, 0.2) is 6.29 Å². The van der Waals surface area contributed by atoms with Crippen molar-refractivity contribution in [2.24, 2.45) is 0 Å².